The van der Waals surface area contributed by atoms with Crippen LogP contribution in [0.5, 0.6) is 0 Å². The Hall–Kier alpha value is -1.28. The maximum atomic E-state index is 12.3. The topological polar surface area (TPSA) is 85.1 Å². The maximum absolute atomic E-state index is 12.3. The fourth-order valence-electron chi connectivity index (χ4n) is 1.77. The molecule has 0 saturated heterocycles. The van der Waals surface area contributed by atoms with Gasteiger partial charge in [-0.05, 0) is 24.1 Å². The molecule has 7 heteroatoms. The molecule has 0 fully saturated rings. The van der Waals surface area contributed by atoms with Gasteiger partial charge in [0, 0.05) is 18.1 Å². The normalized spacial score (nSPS) is 13.3. The van der Waals surface area contributed by atoms with E-state index in [1.54, 1.807) is 30.5 Å². The average molecular weight is 311 g/mol. The number of benzene rings is 1. The number of nitrogens with zero attached hydrogens (tertiary/aromatic N) is 1. The molecule has 0 aliphatic heterocycles. The minimum atomic E-state index is -3.55. The lowest BCUT2D eigenvalue weighted by molar-refractivity contribution is 0.549. The van der Waals surface area contributed by atoms with Crippen LogP contribution in [-0.2, 0) is 16.6 Å². The molecular weight excluding hydrogens is 294 g/mol. The highest BCUT2D eigenvalue weighted by Crippen LogP contribution is 2.22. The summed E-state index contributed by atoms with van der Waals surface area (Å²) in [5, 5.41) is 2.61. The van der Waals surface area contributed by atoms with Crippen LogP contribution in [0.3, 0.4) is 0 Å². The Morgan fingerprint density at radius 3 is 2.55 bits per heavy atom. The van der Waals surface area contributed by atoms with Crippen molar-refractivity contribution >= 4 is 21.4 Å². The van der Waals surface area contributed by atoms with Crippen LogP contribution in [0.2, 0.25) is 0 Å². The molecule has 0 spiro atoms. The number of rotatable bonds is 6. The third-order valence-corrected chi connectivity index (χ3v) is 5.30. The Morgan fingerprint density at radius 1 is 1.35 bits per heavy atom. The number of nitrogens with two attached hydrogens (primary N) is 1. The zero-order valence-electron chi connectivity index (χ0n) is 11.1. The number of sulfonamides is 1. The Bertz CT molecular complexity index is 637. The van der Waals surface area contributed by atoms with E-state index in [1.165, 1.54) is 11.3 Å². The number of nitrogens with one attached hydrogen (secondary N) is 1. The molecule has 1 aromatic heterocycles. The Labute approximate surface area is 122 Å². The molecule has 5 nitrogen and oxygen atoms in total. The van der Waals surface area contributed by atoms with Crippen molar-refractivity contribution < 1.29 is 8.42 Å². The molecule has 2 aromatic rings. The van der Waals surface area contributed by atoms with E-state index in [4.69, 9.17) is 5.73 Å². The lowest BCUT2D eigenvalue weighted by Gasteiger charge is -2.15. The summed E-state index contributed by atoms with van der Waals surface area (Å²) in [5.41, 5.74) is 6.40. The van der Waals surface area contributed by atoms with Gasteiger partial charge in [0.05, 0.1) is 10.9 Å². The van der Waals surface area contributed by atoms with E-state index in [9.17, 15) is 8.42 Å². The molecule has 0 aliphatic rings. The summed E-state index contributed by atoms with van der Waals surface area (Å²) >= 11 is 1.44. The molecule has 1 atom stereocenters. The zero-order chi connectivity index (χ0) is 14.6. The van der Waals surface area contributed by atoms with Crippen molar-refractivity contribution in [2.45, 2.75) is 30.8 Å². The van der Waals surface area contributed by atoms with Crippen LogP contribution in [0, 0.1) is 0 Å². The Balaban J connectivity index is 2.21. The highest BCUT2D eigenvalue weighted by molar-refractivity contribution is 7.89. The van der Waals surface area contributed by atoms with E-state index in [2.05, 4.69) is 9.71 Å². The molecule has 1 unspecified atom stereocenters. The van der Waals surface area contributed by atoms with Crippen LogP contribution < -0.4 is 10.5 Å². The van der Waals surface area contributed by atoms with Crippen LogP contribution in [-0.4, -0.2) is 13.4 Å². The second-order valence-electron chi connectivity index (χ2n) is 4.30. The second-order valence-corrected chi connectivity index (χ2v) is 6.94. The Morgan fingerprint density at radius 2 is 2.05 bits per heavy atom. The van der Waals surface area contributed by atoms with E-state index in [-0.39, 0.29) is 10.9 Å². The molecule has 0 amide bonds. The minimum Gasteiger partial charge on any atom is -0.326 e. The van der Waals surface area contributed by atoms with Crippen molar-refractivity contribution in [1.29, 1.82) is 0 Å². The number of aromatic nitrogens is 1. The third-order valence-electron chi connectivity index (χ3n) is 2.92. The molecule has 20 heavy (non-hydrogen) atoms. The third kappa shape index (κ3) is 3.43. The average Bonchev–Trinajstić information content (AvgIpc) is 2.99. The van der Waals surface area contributed by atoms with Crippen molar-refractivity contribution in [2.24, 2.45) is 5.73 Å². The van der Waals surface area contributed by atoms with E-state index >= 15 is 0 Å². The minimum absolute atomic E-state index is 0.240. The quantitative estimate of drug-likeness (QED) is 0.855. The monoisotopic (exact) mass is 311 g/mol. The van der Waals surface area contributed by atoms with Gasteiger partial charge in [0.1, 0.15) is 5.01 Å². The lowest BCUT2D eigenvalue weighted by atomic mass is 10.2. The summed E-state index contributed by atoms with van der Waals surface area (Å²) in [5.74, 6) is 0. The van der Waals surface area contributed by atoms with Crippen molar-refractivity contribution in [1.82, 2.24) is 9.71 Å². The number of thiazole rings is 1. The predicted molar refractivity (Wildman–Crippen MR) is 79.8 cm³/mol. The summed E-state index contributed by atoms with van der Waals surface area (Å²) in [6.45, 7) is 2.32. The van der Waals surface area contributed by atoms with Crippen molar-refractivity contribution in [3.8, 4) is 0 Å². The smallest absolute Gasteiger partial charge is 0.241 e. The molecule has 0 bridgehead atoms. The van der Waals surface area contributed by atoms with Gasteiger partial charge in [-0.3, -0.25) is 0 Å². The lowest BCUT2D eigenvalue weighted by Crippen LogP contribution is -2.28. The standard InChI is InChI=1S/C13H17N3O2S2/c1-2-12(13-15-7-8-19-13)16-20(17,18)11-5-3-10(9-14)4-6-11/h3-8,12,16H,2,9,14H2,1H3. The van der Waals surface area contributed by atoms with Crippen molar-refractivity contribution in [3.05, 3.63) is 46.4 Å². The van der Waals surface area contributed by atoms with E-state index in [0.29, 0.717) is 13.0 Å². The van der Waals surface area contributed by atoms with Crippen LogP contribution in [0.1, 0.15) is 30.0 Å². The molecule has 0 aliphatic carbocycles. The molecule has 108 valence electrons. The summed E-state index contributed by atoms with van der Waals surface area (Å²) in [7, 11) is -3.55. The molecular formula is C13H17N3O2S2. The van der Waals surface area contributed by atoms with E-state index in [0.717, 1.165) is 10.6 Å². The second kappa shape index (κ2) is 6.45. The molecule has 1 aromatic carbocycles. The molecule has 3 N–H and O–H groups in total. The Kier molecular flexibility index (Phi) is 4.87. The van der Waals surface area contributed by atoms with Gasteiger partial charge in [-0.1, -0.05) is 19.1 Å². The van der Waals surface area contributed by atoms with Crippen LogP contribution in [0.15, 0.2) is 40.7 Å². The molecule has 2 rings (SSSR count). The van der Waals surface area contributed by atoms with Gasteiger partial charge < -0.3 is 5.73 Å². The van der Waals surface area contributed by atoms with E-state index < -0.39 is 10.0 Å². The first kappa shape index (κ1) is 15.1. The van der Waals surface area contributed by atoms with Gasteiger partial charge in [0.2, 0.25) is 10.0 Å². The summed E-state index contributed by atoms with van der Waals surface area (Å²) in [6, 6.07) is 6.28. The van der Waals surface area contributed by atoms with Crippen LogP contribution >= 0.6 is 11.3 Å². The summed E-state index contributed by atoms with van der Waals surface area (Å²) < 4.78 is 27.3. The first-order valence-electron chi connectivity index (χ1n) is 6.27. The van der Waals surface area contributed by atoms with Crippen LogP contribution in [0.25, 0.3) is 0 Å². The van der Waals surface area contributed by atoms with Gasteiger partial charge in [-0.25, -0.2) is 18.1 Å². The highest BCUT2D eigenvalue weighted by atomic mass is 32.2. The molecule has 0 radical (unpaired) electrons. The van der Waals surface area contributed by atoms with Crippen LogP contribution in [0.4, 0.5) is 0 Å². The summed E-state index contributed by atoms with van der Waals surface area (Å²) in [4.78, 5) is 4.41. The van der Waals surface area contributed by atoms with E-state index in [1.807, 2.05) is 12.3 Å². The van der Waals surface area contributed by atoms with Gasteiger partial charge in [0.25, 0.3) is 0 Å². The largest absolute Gasteiger partial charge is 0.326 e. The fraction of sp³-hybridized carbons (Fsp3) is 0.308. The SMILES string of the molecule is CCC(NS(=O)(=O)c1ccc(CN)cc1)c1nccs1. The first-order chi connectivity index (χ1) is 9.56. The molecule has 1 heterocycles. The van der Waals surface area contributed by atoms with Gasteiger partial charge in [-0.15, -0.1) is 11.3 Å². The van der Waals surface area contributed by atoms with Gasteiger partial charge >= 0.3 is 0 Å². The zero-order valence-corrected chi connectivity index (χ0v) is 12.7. The van der Waals surface area contributed by atoms with Crippen molar-refractivity contribution in [3.63, 3.8) is 0 Å². The fourth-order valence-corrected chi connectivity index (χ4v) is 3.91. The van der Waals surface area contributed by atoms with Gasteiger partial charge in [-0.2, -0.15) is 0 Å². The number of hydrogen-bond acceptors (Lipinski definition) is 5. The first-order valence-corrected chi connectivity index (χ1v) is 8.64. The maximum Gasteiger partial charge on any atom is 0.241 e. The van der Waals surface area contributed by atoms with Crippen molar-refractivity contribution in [2.75, 3.05) is 0 Å². The molecule has 0 saturated carbocycles. The number of hydrogen-bond donors (Lipinski definition) is 2. The highest BCUT2D eigenvalue weighted by Gasteiger charge is 2.21. The predicted octanol–water partition coefficient (Wildman–Crippen LogP) is 2.03. The summed E-state index contributed by atoms with van der Waals surface area (Å²) in [6.07, 6.45) is 2.32. The van der Waals surface area contributed by atoms with Gasteiger partial charge in [0.15, 0.2) is 0 Å².